The zero-order valence-electron chi connectivity index (χ0n) is 14.2. The Balaban J connectivity index is 1.79. The molecule has 3 rings (SSSR count). The number of thioether (sulfide) groups is 1. The maximum atomic E-state index is 12.6. The van der Waals surface area contributed by atoms with Crippen molar-refractivity contribution in [3.63, 3.8) is 0 Å². The minimum absolute atomic E-state index is 0.199. The van der Waals surface area contributed by atoms with Crippen LogP contribution in [0.4, 0.5) is 0 Å². The molecule has 0 saturated heterocycles. The third kappa shape index (κ3) is 4.29. The second kappa shape index (κ2) is 8.14. The highest BCUT2D eigenvalue weighted by atomic mass is 32.2. The van der Waals surface area contributed by atoms with Crippen molar-refractivity contribution in [2.45, 2.75) is 17.4 Å². The van der Waals surface area contributed by atoms with Gasteiger partial charge in [-0.2, -0.15) is 0 Å². The van der Waals surface area contributed by atoms with E-state index < -0.39 is 12.0 Å². The molecule has 0 bridgehead atoms. The van der Waals surface area contributed by atoms with Gasteiger partial charge in [0.15, 0.2) is 11.5 Å². The Bertz CT molecular complexity index is 806. The van der Waals surface area contributed by atoms with Crippen LogP contribution in [0.3, 0.4) is 0 Å². The molecule has 0 spiro atoms. The summed E-state index contributed by atoms with van der Waals surface area (Å²) in [5.41, 5.74) is 1.14. The van der Waals surface area contributed by atoms with Crippen molar-refractivity contribution < 1.29 is 24.2 Å². The van der Waals surface area contributed by atoms with Crippen LogP contribution in [-0.4, -0.2) is 36.5 Å². The first-order valence-corrected chi connectivity index (χ1v) is 9.35. The zero-order valence-corrected chi connectivity index (χ0v) is 15.0. The van der Waals surface area contributed by atoms with Gasteiger partial charge in [0.05, 0.1) is 12.5 Å². The Hall–Kier alpha value is -2.67. The van der Waals surface area contributed by atoms with Gasteiger partial charge in [-0.05, 0) is 42.2 Å². The van der Waals surface area contributed by atoms with Crippen molar-refractivity contribution in [1.82, 2.24) is 5.32 Å². The summed E-state index contributed by atoms with van der Waals surface area (Å²) in [4.78, 5) is 24.9. The van der Waals surface area contributed by atoms with E-state index in [1.807, 2.05) is 30.5 Å². The summed E-state index contributed by atoms with van der Waals surface area (Å²) in [7, 11) is 0. The third-order valence-electron chi connectivity index (χ3n) is 4.01. The van der Waals surface area contributed by atoms with Gasteiger partial charge in [0.25, 0.3) is 5.91 Å². The molecule has 0 saturated carbocycles. The molecule has 2 N–H and O–H groups in total. The molecule has 0 aliphatic carbocycles. The van der Waals surface area contributed by atoms with E-state index in [1.54, 1.807) is 30.0 Å². The summed E-state index contributed by atoms with van der Waals surface area (Å²) in [6, 6.07) is 11.8. The molecule has 7 heteroatoms. The number of carbonyl (C=O) groups is 2. The van der Waals surface area contributed by atoms with Crippen LogP contribution in [0, 0.1) is 0 Å². The molecule has 1 heterocycles. The van der Waals surface area contributed by atoms with Crippen LogP contribution >= 0.6 is 11.8 Å². The summed E-state index contributed by atoms with van der Waals surface area (Å²) in [6.07, 6.45) is 1.77. The molecule has 1 amide bonds. The Kier molecular flexibility index (Phi) is 5.68. The first-order chi connectivity index (χ1) is 12.6. The van der Waals surface area contributed by atoms with E-state index in [0.29, 0.717) is 30.3 Å². The second-order valence-corrected chi connectivity index (χ2v) is 6.64. The lowest BCUT2D eigenvalue weighted by molar-refractivity contribution is -0.137. The first kappa shape index (κ1) is 18.1. The summed E-state index contributed by atoms with van der Waals surface area (Å²) < 4.78 is 10.9. The normalized spacial score (nSPS) is 13.7. The van der Waals surface area contributed by atoms with Crippen LogP contribution in [0.25, 0.3) is 0 Å². The molecular formula is C19H19NO5S. The molecule has 0 aromatic heterocycles. The van der Waals surface area contributed by atoms with Gasteiger partial charge in [-0.15, -0.1) is 11.8 Å². The Labute approximate surface area is 155 Å². The van der Waals surface area contributed by atoms with Gasteiger partial charge in [0.2, 0.25) is 0 Å². The van der Waals surface area contributed by atoms with Crippen molar-refractivity contribution >= 4 is 23.6 Å². The molecule has 2 aromatic rings. The lowest BCUT2D eigenvalue weighted by Gasteiger charge is -2.20. The lowest BCUT2D eigenvalue weighted by Crippen LogP contribution is -2.30. The molecule has 26 heavy (non-hydrogen) atoms. The fourth-order valence-corrected chi connectivity index (χ4v) is 3.10. The largest absolute Gasteiger partial charge is 0.486 e. The third-order valence-corrected chi connectivity index (χ3v) is 4.75. The highest BCUT2D eigenvalue weighted by molar-refractivity contribution is 7.98. The summed E-state index contributed by atoms with van der Waals surface area (Å²) in [6.45, 7) is 0.909. The van der Waals surface area contributed by atoms with Crippen molar-refractivity contribution in [3.05, 3.63) is 53.6 Å². The monoisotopic (exact) mass is 373 g/mol. The molecule has 136 valence electrons. The number of fused-ring (bicyclic) bond motifs is 1. The lowest BCUT2D eigenvalue weighted by atomic mass is 10.0. The van der Waals surface area contributed by atoms with Crippen molar-refractivity contribution in [2.24, 2.45) is 0 Å². The number of aliphatic carboxylic acids is 1. The zero-order chi connectivity index (χ0) is 18.5. The van der Waals surface area contributed by atoms with E-state index in [1.165, 1.54) is 0 Å². The van der Waals surface area contributed by atoms with Crippen LogP contribution in [0.1, 0.15) is 28.4 Å². The number of carboxylic acid groups (broad SMARTS) is 1. The van der Waals surface area contributed by atoms with Crippen LogP contribution in [-0.2, 0) is 4.79 Å². The van der Waals surface area contributed by atoms with E-state index in [0.717, 1.165) is 10.5 Å². The highest BCUT2D eigenvalue weighted by Crippen LogP contribution is 2.31. The predicted octanol–water partition coefficient (Wildman–Crippen LogP) is 3.13. The summed E-state index contributed by atoms with van der Waals surface area (Å²) >= 11 is 1.60. The molecular weight excluding hydrogens is 354 g/mol. The van der Waals surface area contributed by atoms with Crippen LogP contribution in [0.2, 0.25) is 0 Å². The van der Waals surface area contributed by atoms with Gasteiger partial charge in [-0.25, -0.2) is 0 Å². The van der Waals surface area contributed by atoms with Gasteiger partial charge in [0, 0.05) is 10.5 Å². The SMILES string of the molecule is CSc1ccc(C(CC(=O)O)NC(=O)c2ccc3c(c2)OCCO3)cc1. The number of benzene rings is 2. The smallest absolute Gasteiger partial charge is 0.305 e. The molecule has 1 atom stereocenters. The standard InChI is InChI=1S/C19H19NO5S/c1-26-14-5-2-12(3-6-14)15(11-18(21)22)20-19(23)13-4-7-16-17(10-13)25-9-8-24-16/h2-7,10,15H,8-9,11H2,1H3,(H,20,23)(H,21,22). The number of rotatable bonds is 6. The molecule has 2 aromatic carbocycles. The van der Waals surface area contributed by atoms with E-state index in [2.05, 4.69) is 5.32 Å². The summed E-state index contributed by atoms with van der Waals surface area (Å²) in [5, 5.41) is 12.0. The number of carbonyl (C=O) groups excluding carboxylic acids is 1. The van der Waals surface area contributed by atoms with Gasteiger partial charge in [-0.3, -0.25) is 9.59 Å². The van der Waals surface area contributed by atoms with E-state index in [9.17, 15) is 14.7 Å². The van der Waals surface area contributed by atoms with Crippen LogP contribution in [0.15, 0.2) is 47.4 Å². The molecule has 0 radical (unpaired) electrons. The second-order valence-electron chi connectivity index (χ2n) is 5.76. The van der Waals surface area contributed by atoms with E-state index >= 15 is 0 Å². The number of hydrogen-bond acceptors (Lipinski definition) is 5. The number of carboxylic acids is 1. The number of nitrogens with one attached hydrogen (secondary N) is 1. The number of hydrogen-bond donors (Lipinski definition) is 2. The van der Waals surface area contributed by atoms with Gasteiger partial charge in [0.1, 0.15) is 13.2 Å². The molecule has 1 aliphatic rings. The molecule has 6 nitrogen and oxygen atoms in total. The van der Waals surface area contributed by atoms with E-state index in [4.69, 9.17) is 9.47 Å². The summed E-state index contributed by atoms with van der Waals surface area (Å²) in [5.74, 6) is -0.223. The number of amides is 1. The van der Waals surface area contributed by atoms with Gasteiger partial charge in [-0.1, -0.05) is 12.1 Å². The van der Waals surface area contributed by atoms with Crippen molar-refractivity contribution in [1.29, 1.82) is 0 Å². The average molecular weight is 373 g/mol. The maximum absolute atomic E-state index is 12.6. The molecule has 1 aliphatic heterocycles. The van der Waals surface area contributed by atoms with Crippen LogP contribution < -0.4 is 14.8 Å². The highest BCUT2D eigenvalue weighted by Gasteiger charge is 2.21. The quantitative estimate of drug-likeness (QED) is 0.757. The average Bonchev–Trinajstić information content (AvgIpc) is 2.66. The fraction of sp³-hybridized carbons (Fsp3) is 0.263. The maximum Gasteiger partial charge on any atom is 0.305 e. The minimum atomic E-state index is -0.980. The topological polar surface area (TPSA) is 84.9 Å². The Morgan fingerprint density at radius 3 is 2.46 bits per heavy atom. The Morgan fingerprint density at radius 2 is 1.81 bits per heavy atom. The molecule has 0 fully saturated rings. The van der Waals surface area contributed by atoms with Crippen molar-refractivity contribution in [2.75, 3.05) is 19.5 Å². The van der Waals surface area contributed by atoms with Gasteiger partial charge >= 0.3 is 5.97 Å². The van der Waals surface area contributed by atoms with Crippen molar-refractivity contribution in [3.8, 4) is 11.5 Å². The fourth-order valence-electron chi connectivity index (χ4n) is 2.69. The van der Waals surface area contributed by atoms with Crippen LogP contribution in [0.5, 0.6) is 11.5 Å². The number of ether oxygens (including phenoxy) is 2. The first-order valence-electron chi connectivity index (χ1n) is 8.13. The Morgan fingerprint density at radius 1 is 1.12 bits per heavy atom. The van der Waals surface area contributed by atoms with Gasteiger partial charge < -0.3 is 19.9 Å². The minimum Gasteiger partial charge on any atom is -0.486 e. The van der Waals surface area contributed by atoms with E-state index in [-0.39, 0.29) is 12.3 Å². The molecule has 1 unspecified atom stereocenters. The predicted molar refractivity (Wildman–Crippen MR) is 98.1 cm³/mol.